The minimum atomic E-state index is -4.26. The van der Waals surface area contributed by atoms with E-state index in [2.05, 4.69) is 4.98 Å². The zero-order valence-corrected chi connectivity index (χ0v) is 14.8. The molecule has 0 bridgehead atoms. The molecule has 3 rings (SSSR count). The zero-order chi connectivity index (χ0) is 19.6. The van der Waals surface area contributed by atoms with Crippen molar-refractivity contribution in [3.63, 3.8) is 0 Å². The summed E-state index contributed by atoms with van der Waals surface area (Å²) in [6.45, 7) is 0.0201. The van der Waals surface area contributed by atoms with Crippen molar-refractivity contribution in [1.82, 2.24) is 14.0 Å². The molecule has 142 valence electrons. The van der Waals surface area contributed by atoms with E-state index in [1.165, 1.54) is 21.4 Å². The number of fused-ring (bicyclic) bond motifs is 1. The molecule has 0 saturated heterocycles. The van der Waals surface area contributed by atoms with E-state index in [0.29, 0.717) is 22.6 Å². The fraction of sp³-hybridized carbons (Fsp3) is 0.278. The molecule has 0 spiro atoms. The molecule has 0 unspecified atom stereocenters. The molecule has 0 aliphatic rings. The summed E-state index contributed by atoms with van der Waals surface area (Å²) >= 11 is 5.87. The Kier molecular flexibility index (Phi) is 5.36. The van der Waals surface area contributed by atoms with Crippen molar-refractivity contribution < 1.29 is 18.0 Å². The standard InChI is InChI=1S/C18H15ClF3N3O2/c19-14-4-2-12(3-5-14)15-11-25-16(27)13(6-9-26)10-24(17(25)23-15)8-1-7-18(20,21)22/h2-5,9-11H,1,6-8H2. The number of benzene rings is 1. The fourth-order valence-corrected chi connectivity index (χ4v) is 2.91. The van der Waals surface area contributed by atoms with Gasteiger partial charge in [0.1, 0.15) is 6.29 Å². The lowest BCUT2D eigenvalue weighted by atomic mass is 10.2. The van der Waals surface area contributed by atoms with Gasteiger partial charge in [-0.2, -0.15) is 13.2 Å². The zero-order valence-electron chi connectivity index (χ0n) is 14.0. The number of hydrogen-bond donors (Lipinski definition) is 0. The average Bonchev–Trinajstić information content (AvgIpc) is 3.04. The Morgan fingerprint density at radius 3 is 2.48 bits per heavy atom. The summed E-state index contributed by atoms with van der Waals surface area (Å²) in [7, 11) is 0. The van der Waals surface area contributed by atoms with Crippen molar-refractivity contribution >= 4 is 23.7 Å². The first-order valence-electron chi connectivity index (χ1n) is 8.16. The Morgan fingerprint density at radius 1 is 1.15 bits per heavy atom. The third kappa shape index (κ3) is 4.39. The van der Waals surface area contributed by atoms with Crippen LogP contribution in [0.3, 0.4) is 0 Å². The highest BCUT2D eigenvalue weighted by Gasteiger charge is 2.26. The minimum Gasteiger partial charge on any atom is -0.318 e. The largest absolute Gasteiger partial charge is 0.389 e. The van der Waals surface area contributed by atoms with E-state index in [1.54, 1.807) is 24.3 Å². The van der Waals surface area contributed by atoms with E-state index < -0.39 is 18.2 Å². The third-order valence-electron chi connectivity index (χ3n) is 4.05. The molecule has 0 saturated carbocycles. The van der Waals surface area contributed by atoms with Gasteiger partial charge >= 0.3 is 6.18 Å². The van der Waals surface area contributed by atoms with E-state index in [-0.39, 0.29) is 30.7 Å². The second-order valence-electron chi connectivity index (χ2n) is 6.05. The van der Waals surface area contributed by atoms with E-state index in [4.69, 9.17) is 11.6 Å². The lowest BCUT2D eigenvalue weighted by Gasteiger charge is -2.11. The van der Waals surface area contributed by atoms with Gasteiger partial charge in [0.2, 0.25) is 5.78 Å². The number of aryl methyl sites for hydroxylation is 1. The maximum Gasteiger partial charge on any atom is 0.389 e. The van der Waals surface area contributed by atoms with Crippen LogP contribution in [0.25, 0.3) is 17.0 Å². The molecule has 0 aliphatic heterocycles. The van der Waals surface area contributed by atoms with Crippen LogP contribution in [0.2, 0.25) is 5.02 Å². The van der Waals surface area contributed by atoms with Gasteiger partial charge in [-0.3, -0.25) is 9.20 Å². The van der Waals surface area contributed by atoms with E-state index in [9.17, 15) is 22.8 Å². The monoisotopic (exact) mass is 397 g/mol. The fourth-order valence-electron chi connectivity index (χ4n) is 2.78. The van der Waals surface area contributed by atoms with Gasteiger partial charge in [0.05, 0.1) is 5.69 Å². The molecule has 1 aromatic carbocycles. The van der Waals surface area contributed by atoms with Crippen molar-refractivity contribution in [3.8, 4) is 11.3 Å². The molecule has 2 heterocycles. The Labute approximate surface area is 157 Å². The molecule has 0 N–H and O–H groups in total. The molecule has 0 radical (unpaired) electrons. The second kappa shape index (κ2) is 7.56. The van der Waals surface area contributed by atoms with Crippen LogP contribution >= 0.6 is 11.6 Å². The molecule has 0 aliphatic carbocycles. The maximum absolute atomic E-state index is 12.6. The Balaban J connectivity index is 2.06. The number of halogens is 4. The first kappa shape index (κ1) is 19.2. The van der Waals surface area contributed by atoms with Gasteiger partial charge in [0.25, 0.3) is 5.56 Å². The van der Waals surface area contributed by atoms with Crippen LogP contribution in [0.4, 0.5) is 13.2 Å². The van der Waals surface area contributed by atoms with Crippen LogP contribution in [0, 0.1) is 0 Å². The molecule has 3 aromatic rings. The van der Waals surface area contributed by atoms with Crippen molar-refractivity contribution in [2.24, 2.45) is 0 Å². The molecule has 0 atom stereocenters. The second-order valence-corrected chi connectivity index (χ2v) is 6.48. The maximum atomic E-state index is 12.6. The highest BCUT2D eigenvalue weighted by molar-refractivity contribution is 6.30. The summed E-state index contributed by atoms with van der Waals surface area (Å²) in [4.78, 5) is 27.8. The topological polar surface area (TPSA) is 56.4 Å². The summed E-state index contributed by atoms with van der Waals surface area (Å²) < 4.78 is 40.1. The number of hydrogen-bond acceptors (Lipinski definition) is 3. The average molecular weight is 398 g/mol. The van der Waals surface area contributed by atoms with Crippen molar-refractivity contribution in [2.45, 2.75) is 32.0 Å². The van der Waals surface area contributed by atoms with Gasteiger partial charge in [-0.25, -0.2) is 4.98 Å². The highest BCUT2D eigenvalue weighted by Crippen LogP contribution is 2.23. The van der Waals surface area contributed by atoms with Gasteiger partial charge in [-0.1, -0.05) is 23.7 Å². The molecule has 0 fully saturated rings. The quantitative estimate of drug-likeness (QED) is 0.593. The van der Waals surface area contributed by atoms with Crippen LogP contribution in [-0.4, -0.2) is 26.4 Å². The lowest BCUT2D eigenvalue weighted by molar-refractivity contribution is -0.135. The van der Waals surface area contributed by atoms with Crippen LogP contribution in [0.5, 0.6) is 0 Å². The Morgan fingerprint density at radius 2 is 1.85 bits per heavy atom. The number of imidazole rings is 1. The summed E-state index contributed by atoms with van der Waals surface area (Å²) in [6.07, 6.45) is -1.99. The van der Waals surface area contributed by atoms with Crippen molar-refractivity contribution in [3.05, 3.63) is 57.6 Å². The number of alkyl halides is 3. The molecule has 5 nitrogen and oxygen atoms in total. The number of nitrogens with zero attached hydrogens (tertiary/aromatic N) is 3. The van der Waals surface area contributed by atoms with Crippen LogP contribution in [0.15, 0.2) is 41.5 Å². The molecular formula is C18H15ClF3N3O2. The molecular weight excluding hydrogens is 383 g/mol. The Hall–Kier alpha value is -2.61. The van der Waals surface area contributed by atoms with Gasteiger partial charge < -0.3 is 9.36 Å². The van der Waals surface area contributed by atoms with Gasteiger partial charge in [0, 0.05) is 47.9 Å². The SMILES string of the molecule is O=CCc1cn(CCCC(F)(F)F)c2nc(-c3ccc(Cl)cc3)cn2c1=O. The number of carbonyl (C=O) groups excluding carboxylic acids is 1. The number of carbonyl (C=O) groups is 1. The number of aldehydes is 1. The van der Waals surface area contributed by atoms with Gasteiger partial charge in [-0.05, 0) is 18.6 Å². The van der Waals surface area contributed by atoms with Gasteiger partial charge in [0.15, 0.2) is 0 Å². The molecule has 0 amide bonds. The van der Waals surface area contributed by atoms with E-state index in [1.807, 2.05) is 0 Å². The minimum absolute atomic E-state index is 0.0201. The summed E-state index contributed by atoms with van der Waals surface area (Å²) in [6, 6.07) is 6.81. The first-order valence-corrected chi connectivity index (χ1v) is 8.54. The predicted octanol–water partition coefficient (Wildman–Crippen LogP) is 3.90. The highest BCUT2D eigenvalue weighted by atomic mass is 35.5. The summed E-state index contributed by atoms with van der Waals surface area (Å²) in [5, 5.41) is 0.544. The van der Waals surface area contributed by atoms with Gasteiger partial charge in [-0.15, -0.1) is 0 Å². The van der Waals surface area contributed by atoms with E-state index in [0.717, 1.165) is 0 Å². The lowest BCUT2D eigenvalue weighted by Crippen LogP contribution is -2.22. The molecule has 9 heteroatoms. The van der Waals surface area contributed by atoms with Crippen molar-refractivity contribution in [1.29, 1.82) is 0 Å². The third-order valence-corrected chi connectivity index (χ3v) is 4.30. The number of aromatic nitrogens is 3. The Bertz CT molecular complexity index is 1020. The smallest absolute Gasteiger partial charge is 0.318 e. The van der Waals surface area contributed by atoms with Crippen LogP contribution in [0.1, 0.15) is 18.4 Å². The first-order chi connectivity index (χ1) is 12.8. The van der Waals surface area contributed by atoms with Crippen LogP contribution < -0.4 is 5.56 Å². The summed E-state index contributed by atoms with van der Waals surface area (Å²) in [5.41, 5.74) is 0.972. The van der Waals surface area contributed by atoms with Crippen molar-refractivity contribution in [2.75, 3.05) is 0 Å². The predicted molar refractivity (Wildman–Crippen MR) is 95.0 cm³/mol. The van der Waals surface area contributed by atoms with E-state index >= 15 is 0 Å². The molecule has 27 heavy (non-hydrogen) atoms. The van der Waals surface area contributed by atoms with Crippen LogP contribution in [-0.2, 0) is 17.8 Å². The normalized spacial score (nSPS) is 11.9. The summed E-state index contributed by atoms with van der Waals surface area (Å²) in [5.74, 6) is 0.224. The number of rotatable bonds is 6. The molecule has 2 aromatic heterocycles.